The summed E-state index contributed by atoms with van der Waals surface area (Å²) in [4.78, 5) is 23.5. The predicted molar refractivity (Wildman–Crippen MR) is 84.4 cm³/mol. The van der Waals surface area contributed by atoms with Crippen molar-refractivity contribution in [1.29, 1.82) is 0 Å². The van der Waals surface area contributed by atoms with Crippen molar-refractivity contribution in [3.8, 4) is 0 Å². The maximum Gasteiger partial charge on any atom is 0.330 e. The molecule has 0 amide bonds. The monoisotopic (exact) mass is 293 g/mol. The number of hydrogen-bond donors (Lipinski definition) is 1. The highest BCUT2D eigenvalue weighted by molar-refractivity contribution is 5.01. The zero-order valence-corrected chi connectivity index (χ0v) is 13.4. The number of nitrogens with one attached hydrogen (secondary N) is 1. The van der Waals surface area contributed by atoms with Crippen LogP contribution >= 0.6 is 0 Å². The van der Waals surface area contributed by atoms with Crippen LogP contribution in [0.25, 0.3) is 0 Å². The van der Waals surface area contributed by atoms with E-state index in [-0.39, 0.29) is 11.2 Å². The Morgan fingerprint density at radius 2 is 1.81 bits per heavy atom. The van der Waals surface area contributed by atoms with E-state index in [9.17, 15) is 9.59 Å². The largest absolute Gasteiger partial charge is 0.330 e. The van der Waals surface area contributed by atoms with E-state index in [4.69, 9.17) is 0 Å². The van der Waals surface area contributed by atoms with Crippen LogP contribution in [0.4, 0.5) is 0 Å². The number of rotatable bonds is 5. The van der Waals surface area contributed by atoms with E-state index in [0.29, 0.717) is 6.54 Å². The number of nitrogens with zero attached hydrogens (tertiary/aromatic N) is 2. The van der Waals surface area contributed by atoms with Crippen molar-refractivity contribution >= 4 is 0 Å². The van der Waals surface area contributed by atoms with E-state index in [1.165, 1.54) is 49.8 Å². The molecule has 0 spiro atoms. The van der Waals surface area contributed by atoms with Crippen LogP contribution in [0.2, 0.25) is 0 Å². The molecule has 21 heavy (non-hydrogen) atoms. The third-order valence-corrected chi connectivity index (χ3v) is 4.80. The fourth-order valence-electron chi connectivity index (χ4n) is 3.09. The SMILES string of the molecule is CC1CCC(CCNCc2cc(=O)n(C)c(=O)n2C)CC1. The van der Waals surface area contributed by atoms with Gasteiger partial charge in [-0.15, -0.1) is 0 Å². The van der Waals surface area contributed by atoms with Gasteiger partial charge in [0.05, 0.1) is 0 Å². The summed E-state index contributed by atoms with van der Waals surface area (Å²) in [5.74, 6) is 1.73. The molecule has 0 atom stereocenters. The second-order valence-corrected chi connectivity index (χ2v) is 6.47. The summed E-state index contributed by atoms with van der Waals surface area (Å²) in [7, 11) is 3.22. The Morgan fingerprint density at radius 3 is 2.48 bits per heavy atom. The van der Waals surface area contributed by atoms with E-state index in [1.54, 1.807) is 7.05 Å². The van der Waals surface area contributed by atoms with Crippen molar-refractivity contribution in [2.24, 2.45) is 25.9 Å². The standard InChI is InChI=1S/C16H27N3O2/c1-12-4-6-13(7-5-12)8-9-17-11-14-10-15(20)19(3)16(21)18(14)2/h10,12-13,17H,4-9,11H2,1-3H3. The van der Waals surface area contributed by atoms with Gasteiger partial charge in [0, 0.05) is 32.4 Å². The molecule has 1 N–H and O–H groups in total. The normalized spacial score (nSPS) is 22.4. The summed E-state index contributed by atoms with van der Waals surface area (Å²) in [5.41, 5.74) is 0.247. The molecule has 0 saturated heterocycles. The van der Waals surface area contributed by atoms with Crippen LogP contribution in [-0.4, -0.2) is 15.7 Å². The van der Waals surface area contributed by atoms with E-state index in [2.05, 4.69) is 12.2 Å². The lowest BCUT2D eigenvalue weighted by molar-refractivity contribution is 0.275. The molecular formula is C16H27N3O2. The van der Waals surface area contributed by atoms with Gasteiger partial charge in [-0.1, -0.05) is 32.6 Å². The fourth-order valence-corrected chi connectivity index (χ4v) is 3.09. The minimum Gasteiger partial charge on any atom is -0.311 e. The van der Waals surface area contributed by atoms with Crippen LogP contribution in [0.3, 0.4) is 0 Å². The molecular weight excluding hydrogens is 266 g/mol. The lowest BCUT2D eigenvalue weighted by atomic mass is 9.81. The van der Waals surface area contributed by atoms with E-state index < -0.39 is 0 Å². The summed E-state index contributed by atoms with van der Waals surface area (Å²) >= 11 is 0. The lowest BCUT2D eigenvalue weighted by Crippen LogP contribution is -2.39. The molecule has 1 aliphatic carbocycles. The molecule has 5 heteroatoms. The van der Waals surface area contributed by atoms with Crippen molar-refractivity contribution in [3.63, 3.8) is 0 Å². The second kappa shape index (κ2) is 7.07. The molecule has 1 aromatic rings. The highest BCUT2D eigenvalue weighted by atomic mass is 16.2. The molecule has 118 valence electrons. The van der Waals surface area contributed by atoms with Crippen LogP contribution in [0.5, 0.6) is 0 Å². The third-order valence-electron chi connectivity index (χ3n) is 4.80. The first-order valence-electron chi connectivity index (χ1n) is 7.95. The molecule has 1 heterocycles. The molecule has 2 rings (SSSR count). The maximum atomic E-state index is 11.8. The highest BCUT2D eigenvalue weighted by Gasteiger charge is 2.17. The van der Waals surface area contributed by atoms with Gasteiger partial charge >= 0.3 is 5.69 Å². The summed E-state index contributed by atoms with van der Waals surface area (Å²) in [6.07, 6.45) is 6.58. The van der Waals surface area contributed by atoms with Crippen LogP contribution in [0.15, 0.2) is 15.7 Å². The fraction of sp³-hybridized carbons (Fsp3) is 0.750. The Bertz CT molecular complexity index is 580. The van der Waals surface area contributed by atoms with Crippen LogP contribution in [0.1, 0.15) is 44.7 Å². The maximum absolute atomic E-state index is 11.8. The first kappa shape index (κ1) is 16.0. The average molecular weight is 293 g/mol. The molecule has 0 bridgehead atoms. The van der Waals surface area contributed by atoms with Crippen molar-refractivity contribution in [2.45, 2.75) is 45.6 Å². The topological polar surface area (TPSA) is 56.0 Å². The minimum absolute atomic E-state index is 0.240. The molecule has 1 aromatic heterocycles. The van der Waals surface area contributed by atoms with Crippen LogP contribution in [-0.2, 0) is 20.6 Å². The van der Waals surface area contributed by atoms with E-state index >= 15 is 0 Å². The van der Waals surface area contributed by atoms with E-state index in [1.807, 2.05) is 0 Å². The van der Waals surface area contributed by atoms with Gasteiger partial charge in [0.1, 0.15) is 0 Å². The summed E-state index contributed by atoms with van der Waals surface area (Å²) in [6, 6.07) is 1.54. The van der Waals surface area contributed by atoms with Crippen LogP contribution in [0, 0.1) is 11.8 Å². The quantitative estimate of drug-likeness (QED) is 0.835. The molecule has 0 aliphatic heterocycles. The highest BCUT2D eigenvalue weighted by Crippen LogP contribution is 2.29. The Hall–Kier alpha value is -1.36. The van der Waals surface area contributed by atoms with Crippen LogP contribution < -0.4 is 16.6 Å². The summed E-state index contributed by atoms with van der Waals surface area (Å²) < 4.78 is 2.67. The van der Waals surface area contributed by atoms with Gasteiger partial charge in [-0.05, 0) is 24.8 Å². The van der Waals surface area contributed by atoms with Crippen molar-refractivity contribution < 1.29 is 0 Å². The third kappa shape index (κ3) is 4.06. The van der Waals surface area contributed by atoms with Crippen molar-refractivity contribution in [2.75, 3.05) is 6.54 Å². The van der Waals surface area contributed by atoms with Gasteiger partial charge in [-0.25, -0.2) is 4.79 Å². The predicted octanol–water partition coefficient (Wildman–Crippen LogP) is 1.39. The van der Waals surface area contributed by atoms with Gasteiger partial charge in [0.25, 0.3) is 5.56 Å². The second-order valence-electron chi connectivity index (χ2n) is 6.47. The summed E-state index contributed by atoms with van der Waals surface area (Å²) in [5, 5.41) is 3.37. The number of aromatic nitrogens is 2. The van der Waals surface area contributed by atoms with Gasteiger partial charge in [-0.2, -0.15) is 0 Å². The average Bonchev–Trinajstić information content (AvgIpc) is 2.48. The molecule has 0 unspecified atom stereocenters. The van der Waals surface area contributed by atoms with Gasteiger partial charge < -0.3 is 5.32 Å². The van der Waals surface area contributed by atoms with E-state index in [0.717, 1.165) is 28.6 Å². The van der Waals surface area contributed by atoms with Crippen molar-refractivity contribution in [3.05, 3.63) is 32.6 Å². The Kier molecular flexibility index (Phi) is 5.39. The van der Waals surface area contributed by atoms with Crippen molar-refractivity contribution in [1.82, 2.24) is 14.5 Å². The lowest BCUT2D eigenvalue weighted by Gasteiger charge is -2.26. The number of hydrogen-bond acceptors (Lipinski definition) is 3. The van der Waals surface area contributed by atoms with Gasteiger partial charge in [-0.3, -0.25) is 13.9 Å². The van der Waals surface area contributed by atoms with Gasteiger partial charge in [0.15, 0.2) is 0 Å². The zero-order valence-electron chi connectivity index (χ0n) is 13.4. The first-order valence-corrected chi connectivity index (χ1v) is 7.95. The molecule has 1 fully saturated rings. The molecule has 0 radical (unpaired) electrons. The molecule has 1 aliphatic rings. The zero-order chi connectivity index (χ0) is 15.4. The Morgan fingerprint density at radius 1 is 1.14 bits per heavy atom. The van der Waals surface area contributed by atoms with Gasteiger partial charge in [0.2, 0.25) is 0 Å². The first-order chi connectivity index (χ1) is 9.99. The Balaban J connectivity index is 1.82. The smallest absolute Gasteiger partial charge is 0.311 e. The molecule has 1 saturated carbocycles. The molecule has 5 nitrogen and oxygen atoms in total. The summed E-state index contributed by atoms with van der Waals surface area (Å²) in [6.45, 7) is 3.86. The molecule has 0 aromatic carbocycles. The Labute approximate surface area is 126 Å². The minimum atomic E-state index is -0.263.